The maximum absolute atomic E-state index is 12.4. The molecule has 2 N–H and O–H groups in total. The Balaban J connectivity index is 1.85. The molecule has 0 saturated carbocycles. The summed E-state index contributed by atoms with van der Waals surface area (Å²) in [6.07, 6.45) is 1.46. The van der Waals surface area contributed by atoms with Crippen LogP contribution in [0.5, 0.6) is 5.75 Å². The number of aryl methyl sites for hydroxylation is 1. The lowest BCUT2D eigenvalue weighted by molar-refractivity contribution is 0.0936. The normalized spacial score (nSPS) is 12.1. The Morgan fingerprint density at radius 3 is 2.58 bits per heavy atom. The zero-order chi connectivity index (χ0) is 17.3. The smallest absolute Gasteiger partial charge is 0.293 e. The third-order valence-electron chi connectivity index (χ3n) is 4.11. The van der Waals surface area contributed by atoms with Gasteiger partial charge in [0.05, 0.1) is 11.6 Å². The molecular formula is C19H18N2O3. The fraction of sp³-hybridized carbons (Fsp3) is 0.158. The highest BCUT2D eigenvalue weighted by Gasteiger charge is 2.17. The summed E-state index contributed by atoms with van der Waals surface area (Å²) in [6, 6.07) is 15.1. The van der Waals surface area contributed by atoms with E-state index in [1.165, 1.54) is 23.9 Å². The van der Waals surface area contributed by atoms with Crippen LogP contribution < -0.4 is 10.9 Å². The van der Waals surface area contributed by atoms with Crippen molar-refractivity contribution in [3.63, 3.8) is 0 Å². The topological polar surface area (TPSA) is 71.3 Å². The first-order valence-corrected chi connectivity index (χ1v) is 7.65. The molecule has 0 fully saturated rings. The molecule has 1 aromatic heterocycles. The average molecular weight is 322 g/mol. The van der Waals surface area contributed by atoms with Crippen molar-refractivity contribution in [1.82, 2.24) is 9.88 Å². The quantitative estimate of drug-likeness (QED) is 0.779. The van der Waals surface area contributed by atoms with Crippen LogP contribution in [0.15, 0.2) is 59.5 Å². The summed E-state index contributed by atoms with van der Waals surface area (Å²) < 4.78 is 1.22. The molecule has 0 radical (unpaired) electrons. The van der Waals surface area contributed by atoms with E-state index in [2.05, 4.69) is 5.32 Å². The molecule has 5 nitrogen and oxygen atoms in total. The Kier molecular flexibility index (Phi) is 4.08. The number of hydrogen-bond donors (Lipinski definition) is 2. The monoisotopic (exact) mass is 322 g/mol. The Morgan fingerprint density at radius 1 is 1.12 bits per heavy atom. The lowest BCUT2D eigenvalue weighted by Gasteiger charge is -2.15. The maximum atomic E-state index is 12.4. The standard InChI is InChI=1S/C19H18N2O3/c1-12(14-8-7-13-5-3-4-6-15(13)11-14)20-18(23)16-9-10-21(2)19(24)17(16)22/h3-12,22H,1-2H3,(H,20,23). The number of rotatable bonds is 3. The first-order chi connectivity index (χ1) is 11.5. The number of fused-ring (bicyclic) bond motifs is 1. The number of carbonyl (C=O) groups is 1. The van der Waals surface area contributed by atoms with E-state index in [-0.39, 0.29) is 11.6 Å². The van der Waals surface area contributed by atoms with Crippen molar-refractivity contribution in [2.45, 2.75) is 13.0 Å². The van der Waals surface area contributed by atoms with Gasteiger partial charge in [0.2, 0.25) is 0 Å². The molecule has 24 heavy (non-hydrogen) atoms. The van der Waals surface area contributed by atoms with E-state index in [4.69, 9.17) is 0 Å². The summed E-state index contributed by atoms with van der Waals surface area (Å²) in [6.45, 7) is 1.86. The highest BCUT2D eigenvalue weighted by molar-refractivity contribution is 5.96. The third-order valence-corrected chi connectivity index (χ3v) is 4.11. The molecule has 122 valence electrons. The van der Waals surface area contributed by atoms with E-state index in [1.807, 2.05) is 49.4 Å². The number of amides is 1. The predicted molar refractivity (Wildman–Crippen MR) is 93.2 cm³/mol. The van der Waals surface area contributed by atoms with Gasteiger partial charge in [-0.1, -0.05) is 36.4 Å². The van der Waals surface area contributed by atoms with Crippen LogP contribution in [0.2, 0.25) is 0 Å². The van der Waals surface area contributed by atoms with E-state index >= 15 is 0 Å². The Morgan fingerprint density at radius 2 is 1.83 bits per heavy atom. The maximum Gasteiger partial charge on any atom is 0.293 e. The van der Waals surface area contributed by atoms with Gasteiger partial charge < -0.3 is 15.0 Å². The summed E-state index contributed by atoms with van der Waals surface area (Å²) in [4.78, 5) is 24.1. The second kappa shape index (κ2) is 6.20. The van der Waals surface area contributed by atoms with Gasteiger partial charge in [-0.2, -0.15) is 0 Å². The molecule has 0 aliphatic carbocycles. The van der Waals surface area contributed by atoms with Crippen LogP contribution in [-0.2, 0) is 7.05 Å². The van der Waals surface area contributed by atoms with E-state index in [0.717, 1.165) is 16.3 Å². The highest BCUT2D eigenvalue weighted by atomic mass is 16.3. The Labute approximate surface area is 139 Å². The molecule has 0 bridgehead atoms. The SMILES string of the molecule is CC(NC(=O)c1ccn(C)c(=O)c1O)c1ccc2ccccc2c1. The highest BCUT2D eigenvalue weighted by Crippen LogP contribution is 2.21. The zero-order valence-corrected chi connectivity index (χ0v) is 13.5. The van der Waals surface area contributed by atoms with E-state index in [0.29, 0.717) is 0 Å². The van der Waals surface area contributed by atoms with E-state index in [1.54, 1.807) is 0 Å². The number of aromatic hydroxyl groups is 1. The number of carbonyl (C=O) groups excluding carboxylic acids is 1. The molecule has 3 rings (SSSR count). The minimum Gasteiger partial charge on any atom is -0.502 e. The van der Waals surface area contributed by atoms with E-state index < -0.39 is 17.2 Å². The van der Waals surface area contributed by atoms with Crippen molar-refractivity contribution in [1.29, 1.82) is 0 Å². The Bertz CT molecular complexity index is 976. The Hall–Kier alpha value is -3.08. The van der Waals surface area contributed by atoms with Gasteiger partial charge >= 0.3 is 0 Å². The summed E-state index contributed by atoms with van der Waals surface area (Å²) in [5.41, 5.74) is 0.331. The zero-order valence-electron chi connectivity index (χ0n) is 13.5. The van der Waals surface area contributed by atoms with Gasteiger partial charge in [0.1, 0.15) is 0 Å². The third kappa shape index (κ3) is 2.88. The number of hydrogen-bond acceptors (Lipinski definition) is 3. The molecule has 1 amide bonds. The summed E-state index contributed by atoms with van der Waals surface area (Å²) >= 11 is 0. The summed E-state index contributed by atoms with van der Waals surface area (Å²) in [5, 5.41) is 14.9. The number of aromatic nitrogens is 1. The molecule has 0 saturated heterocycles. The van der Waals surface area contributed by atoms with Gasteiger partial charge in [0, 0.05) is 13.2 Å². The van der Waals surface area contributed by atoms with Gasteiger partial charge in [0.15, 0.2) is 5.75 Å². The van der Waals surface area contributed by atoms with Gasteiger partial charge in [-0.15, -0.1) is 0 Å². The van der Waals surface area contributed by atoms with Crippen LogP contribution in [-0.4, -0.2) is 15.6 Å². The van der Waals surface area contributed by atoms with E-state index in [9.17, 15) is 14.7 Å². The minimum atomic E-state index is -0.596. The first kappa shape index (κ1) is 15.8. The molecule has 2 aromatic carbocycles. The van der Waals surface area contributed by atoms with Crippen molar-refractivity contribution in [3.05, 3.63) is 76.2 Å². The molecule has 0 aliphatic heterocycles. The molecule has 3 aromatic rings. The van der Waals surface area contributed by atoms with Crippen molar-refractivity contribution < 1.29 is 9.90 Å². The number of nitrogens with one attached hydrogen (secondary N) is 1. The average Bonchev–Trinajstić information content (AvgIpc) is 2.59. The molecule has 5 heteroatoms. The molecule has 0 aliphatic rings. The van der Waals surface area contributed by atoms with Crippen LogP contribution in [0.3, 0.4) is 0 Å². The lowest BCUT2D eigenvalue weighted by Crippen LogP contribution is -2.28. The largest absolute Gasteiger partial charge is 0.502 e. The fourth-order valence-corrected chi connectivity index (χ4v) is 2.63. The molecular weight excluding hydrogens is 304 g/mol. The molecule has 1 unspecified atom stereocenters. The number of benzene rings is 2. The minimum absolute atomic E-state index is 0.0225. The van der Waals surface area contributed by atoms with Crippen LogP contribution in [0.1, 0.15) is 28.9 Å². The van der Waals surface area contributed by atoms with Crippen molar-refractivity contribution in [3.8, 4) is 5.75 Å². The number of nitrogens with zero attached hydrogens (tertiary/aromatic N) is 1. The first-order valence-electron chi connectivity index (χ1n) is 7.65. The summed E-state index contributed by atoms with van der Waals surface area (Å²) in [5.74, 6) is -1.02. The van der Waals surface area contributed by atoms with Gasteiger partial charge in [-0.05, 0) is 35.4 Å². The van der Waals surface area contributed by atoms with Crippen molar-refractivity contribution in [2.24, 2.45) is 7.05 Å². The van der Waals surface area contributed by atoms with Crippen LogP contribution in [0.4, 0.5) is 0 Å². The second-order valence-corrected chi connectivity index (χ2v) is 5.80. The van der Waals surface area contributed by atoms with Gasteiger partial charge in [-0.25, -0.2) is 0 Å². The second-order valence-electron chi connectivity index (χ2n) is 5.80. The number of pyridine rings is 1. The van der Waals surface area contributed by atoms with Crippen LogP contribution in [0.25, 0.3) is 10.8 Å². The van der Waals surface area contributed by atoms with Crippen LogP contribution in [0, 0.1) is 0 Å². The van der Waals surface area contributed by atoms with Crippen molar-refractivity contribution in [2.75, 3.05) is 0 Å². The van der Waals surface area contributed by atoms with Gasteiger partial charge in [-0.3, -0.25) is 9.59 Å². The van der Waals surface area contributed by atoms with Gasteiger partial charge in [0.25, 0.3) is 11.5 Å². The molecule has 1 atom stereocenters. The fourth-order valence-electron chi connectivity index (χ4n) is 2.63. The predicted octanol–water partition coefficient (Wildman–Crippen LogP) is 2.74. The lowest BCUT2D eigenvalue weighted by atomic mass is 10.0. The molecule has 1 heterocycles. The van der Waals surface area contributed by atoms with Crippen LogP contribution >= 0.6 is 0 Å². The summed E-state index contributed by atoms with van der Waals surface area (Å²) in [7, 11) is 1.52. The molecule has 0 spiro atoms. The van der Waals surface area contributed by atoms with Crippen molar-refractivity contribution >= 4 is 16.7 Å².